The van der Waals surface area contributed by atoms with Crippen LogP contribution in [0.3, 0.4) is 0 Å². The van der Waals surface area contributed by atoms with Crippen molar-refractivity contribution in [2.24, 2.45) is 0 Å². The molecule has 166 valence electrons. The Kier molecular flexibility index (Phi) is 6.60. The van der Waals surface area contributed by atoms with Gasteiger partial charge in [0.15, 0.2) is 5.78 Å². The largest absolute Gasteiger partial charge is 0.344 e. The predicted octanol–water partition coefficient (Wildman–Crippen LogP) is 5.84. The zero-order valence-corrected chi connectivity index (χ0v) is 20.8. The maximum absolute atomic E-state index is 12.9. The van der Waals surface area contributed by atoms with Crippen molar-refractivity contribution < 1.29 is 4.79 Å². The lowest BCUT2D eigenvalue weighted by Gasteiger charge is -2.11. The predicted molar refractivity (Wildman–Crippen MR) is 135 cm³/mol. The number of aromatic amines is 1. The maximum atomic E-state index is 12.9. The van der Waals surface area contributed by atoms with Gasteiger partial charge < -0.3 is 9.55 Å². The summed E-state index contributed by atoms with van der Waals surface area (Å²) in [4.78, 5) is 34.7. The molecule has 0 radical (unpaired) electrons. The molecule has 0 saturated carbocycles. The third kappa shape index (κ3) is 4.42. The van der Waals surface area contributed by atoms with Crippen molar-refractivity contribution in [1.82, 2.24) is 14.5 Å². The highest BCUT2D eigenvalue weighted by Gasteiger charge is 2.17. The number of aryl methyl sites for hydroxylation is 3. The maximum Gasteiger partial charge on any atom is 0.259 e. The van der Waals surface area contributed by atoms with E-state index in [4.69, 9.17) is 11.6 Å². The summed E-state index contributed by atoms with van der Waals surface area (Å²) >= 11 is 9.31. The van der Waals surface area contributed by atoms with Gasteiger partial charge in [-0.2, -0.15) is 0 Å². The average Bonchev–Trinajstić information content (AvgIpc) is 3.19. The summed E-state index contributed by atoms with van der Waals surface area (Å²) in [6.07, 6.45) is 0. The van der Waals surface area contributed by atoms with Gasteiger partial charge in [-0.3, -0.25) is 9.59 Å². The van der Waals surface area contributed by atoms with Gasteiger partial charge >= 0.3 is 0 Å². The Morgan fingerprint density at radius 2 is 1.97 bits per heavy atom. The molecule has 0 spiro atoms. The number of benzene rings is 1. The molecule has 1 N–H and O–H groups in total. The van der Waals surface area contributed by atoms with Crippen LogP contribution >= 0.6 is 34.7 Å². The van der Waals surface area contributed by atoms with E-state index in [0.29, 0.717) is 29.3 Å². The molecule has 0 saturated heterocycles. The summed E-state index contributed by atoms with van der Waals surface area (Å²) in [5.41, 5.74) is 4.58. The van der Waals surface area contributed by atoms with Gasteiger partial charge in [-0.25, -0.2) is 4.98 Å². The quantitative estimate of drug-likeness (QED) is 0.334. The second-order valence-corrected chi connectivity index (χ2v) is 10.5. The normalized spacial score (nSPS) is 11.4. The van der Waals surface area contributed by atoms with Crippen LogP contribution in [-0.2, 0) is 12.3 Å². The van der Waals surface area contributed by atoms with Gasteiger partial charge in [-0.1, -0.05) is 29.8 Å². The monoisotopic (exact) mass is 485 g/mol. The first kappa shape index (κ1) is 22.8. The van der Waals surface area contributed by atoms with E-state index in [-0.39, 0.29) is 11.3 Å². The van der Waals surface area contributed by atoms with E-state index in [1.807, 2.05) is 58.0 Å². The number of hydrogen-bond donors (Lipinski definition) is 1. The Morgan fingerprint density at radius 1 is 1.22 bits per heavy atom. The molecular weight excluding hydrogens is 462 g/mol. The zero-order valence-electron chi connectivity index (χ0n) is 18.4. The van der Waals surface area contributed by atoms with Crippen molar-refractivity contribution in [2.45, 2.75) is 40.0 Å². The van der Waals surface area contributed by atoms with E-state index < -0.39 is 0 Å². The van der Waals surface area contributed by atoms with Crippen LogP contribution in [0.2, 0.25) is 5.02 Å². The van der Waals surface area contributed by atoms with Gasteiger partial charge in [0.05, 0.1) is 16.9 Å². The number of fused-ring (bicyclic) bond motifs is 1. The Bertz CT molecular complexity index is 1380. The van der Waals surface area contributed by atoms with Crippen LogP contribution in [0.5, 0.6) is 0 Å². The molecule has 0 aliphatic heterocycles. The average molecular weight is 486 g/mol. The number of carbonyl (C=O) groups is 1. The molecule has 0 fully saturated rings. The highest BCUT2D eigenvalue weighted by Crippen LogP contribution is 2.27. The number of hydrogen-bond acceptors (Lipinski definition) is 5. The van der Waals surface area contributed by atoms with Crippen LogP contribution in [0.15, 0.2) is 35.1 Å². The summed E-state index contributed by atoms with van der Waals surface area (Å²) in [6.45, 7) is 8.54. The molecule has 0 aliphatic carbocycles. The van der Waals surface area contributed by atoms with Gasteiger partial charge in [0.1, 0.15) is 10.7 Å². The highest BCUT2D eigenvalue weighted by atomic mass is 35.5. The molecule has 3 aromatic heterocycles. The van der Waals surface area contributed by atoms with E-state index in [9.17, 15) is 9.59 Å². The Morgan fingerprint density at radius 3 is 2.72 bits per heavy atom. The number of ketones is 1. The van der Waals surface area contributed by atoms with Crippen LogP contribution in [0, 0.1) is 27.7 Å². The number of Topliss-reactive ketones (excluding diaryl/α,β-unsaturated/α-hetero) is 1. The van der Waals surface area contributed by atoms with Gasteiger partial charge in [0.2, 0.25) is 0 Å². The number of aromatic nitrogens is 3. The summed E-state index contributed by atoms with van der Waals surface area (Å²) in [5, 5.41) is 1.39. The van der Waals surface area contributed by atoms with Gasteiger partial charge in [0.25, 0.3) is 5.56 Å². The Hall–Kier alpha value is -2.35. The van der Waals surface area contributed by atoms with Crippen molar-refractivity contribution in [2.75, 3.05) is 5.75 Å². The van der Waals surface area contributed by atoms with Crippen molar-refractivity contribution in [3.8, 4) is 0 Å². The number of nitrogens with one attached hydrogen (secondary N) is 1. The standard InChI is InChI=1S/C24H24ClN3O2S2/c1-13-9-18(15(3)28(13)10-17-7-5-6-8-19(17)25)20(29)11-31-12-21-26-23(30)22-14(2)16(4)32-24(22)27-21/h5-9H,10-12H2,1-4H3,(H,26,27,30). The molecule has 0 bridgehead atoms. The fourth-order valence-corrected chi connectivity index (χ4v) is 5.83. The van der Waals surface area contributed by atoms with Crippen molar-refractivity contribution in [3.05, 3.63) is 84.5 Å². The minimum absolute atomic E-state index is 0.0692. The molecule has 4 rings (SSSR count). The third-order valence-electron chi connectivity index (χ3n) is 5.72. The molecule has 0 amide bonds. The first-order valence-electron chi connectivity index (χ1n) is 10.3. The lowest BCUT2D eigenvalue weighted by Crippen LogP contribution is -2.12. The molecule has 8 heteroatoms. The molecule has 4 aromatic rings. The molecule has 5 nitrogen and oxygen atoms in total. The van der Waals surface area contributed by atoms with Crippen LogP contribution in [-0.4, -0.2) is 26.1 Å². The molecule has 0 atom stereocenters. The topological polar surface area (TPSA) is 67.8 Å². The van der Waals surface area contributed by atoms with Crippen LogP contribution in [0.4, 0.5) is 0 Å². The third-order valence-corrected chi connectivity index (χ3v) is 8.13. The van der Waals surface area contributed by atoms with E-state index in [0.717, 1.165) is 42.8 Å². The fourth-order valence-electron chi connectivity index (χ4n) is 3.81. The first-order chi connectivity index (χ1) is 15.3. The van der Waals surface area contributed by atoms with Crippen LogP contribution in [0.1, 0.15) is 43.6 Å². The van der Waals surface area contributed by atoms with Crippen LogP contribution < -0.4 is 5.56 Å². The van der Waals surface area contributed by atoms with E-state index in [1.165, 1.54) is 23.1 Å². The lowest BCUT2D eigenvalue weighted by atomic mass is 10.2. The molecule has 1 aromatic carbocycles. The minimum atomic E-state index is -0.109. The van der Waals surface area contributed by atoms with Gasteiger partial charge in [-0.15, -0.1) is 23.1 Å². The number of carbonyl (C=O) groups excluding carboxylic acids is 1. The second-order valence-electron chi connectivity index (χ2n) is 7.85. The zero-order chi connectivity index (χ0) is 23.0. The smallest absolute Gasteiger partial charge is 0.259 e. The Balaban J connectivity index is 1.45. The van der Waals surface area contributed by atoms with Crippen molar-refractivity contribution in [3.63, 3.8) is 0 Å². The summed E-state index contributed by atoms with van der Waals surface area (Å²) in [6, 6.07) is 9.70. The van der Waals surface area contributed by atoms with Crippen molar-refractivity contribution in [1.29, 1.82) is 0 Å². The number of H-pyrrole nitrogens is 1. The second kappa shape index (κ2) is 9.25. The SMILES string of the molecule is Cc1sc2nc(CSCC(=O)c3cc(C)n(Cc4ccccc4Cl)c3C)[nH]c(=O)c2c1C. The molecule has 32 heavy (non-hydrogen) atoms. The highest BCUT2D eigenvalue weighted by molar-refractivity contribution is 7.99. The Labute approximate surface area is 199 Å². The fraction of sp³-hybridized carbons (Fsp3) is 0.292. The van der Waals surface area contributed by atoms with E-state index in [1.54, 1.807) is 0 Å². The summed E-state index contributed by atoms with van der Waals surface area (Å²) in [5.74, 6) is 1.47. The summed E-state index contributed by atoms with van der Waals surface area (Å²) in [7, 11) is 0. The van der Waals surface area contributed by atoms with Crippen LogP contribution in [0.25, 0.3) is 10.2 Å². The van der Waals surface area contributed by atoms with Gasteiger partial charge in [0, 0.05) is 33.4 Å². The number of thiophene rings is 1. The number of halogens is 1. The van der Waals surface area contributed by atoms with Crippen molar-refractivity contribution >= 4 is 50.7 Å². The molecule has 0 unspecified atom stereocenters. The number of nitrogens with zero attached hydrogens (tertiary/aromatic N) is 2. The lowest BCUT2D eigenvalue weighted by molar-refractivity contribution is 0.102. The summed E-state index contributed by atoms with van der Waals surface area (Å²) < 4.78 is 2.12. The van der Waals surface area contributed by atoms with E-state index >= 15 is 0 Å². The molecule has 0 aliphatic rings. The van der Waals surface area contributed by atoms with Gasteiger partial charge in [-0.05, 0) is 51.0 Å². The molecule has 3 heterocycles. The minimum Gasteiger partial charge on any atom is -0.344 e. The number of thioether (sulfide) groups is 1. The first-order valence-corrected chi connectivity index (χ1v) is 12.6. The molecular formula is C24H24ClN3O2S2. The number of rotatable bonds is 7. The van der Waals surface area contributed by atoms with E-state index in [2.05, 4.69) is 14.5 Å².